The summed E-state index contributed by atoms with van der Waals surface area (Å²) in [6, 6.07) is 4.10. The zero-order valence-electron chi connectivity index (χ0n) is 8.42. The summed E-state index contributed by atoms with van der Waals surface area (Å²) >= 11 is 3.45. The van der Waals surface area contributed by atoms with Crippen molar-refractivity contribution in [1.82, 2.24) is 5.32 Å². The predicted molar refractivity (Wildman–Crippen MR) is 61.1 cm³/mol. The standard InChI is InChI=1S/C10H13BrN2O2/c1-13-8(4-12)6-2-7(11)10-9(3-6)14-5-15-10/h2-3,8,13H,4-5,12H2,1H3. The first-order chi connectivity index (χ1) is 7.26. The molecule has 0 bridgehead atoms. The second-order valence-electron chi connectivity index (χ2n) is 3.31. The van der Waals surface area contributed by atoms with Crippen LogP contribution in [0.25, 0.3) is 0 Å². The fourth-order valence-electron chi connectivity index (χ4n) is 1.61. The molecule has 82 valence electrons. The highest BCUT2D eigenvalue weighted by Gasteiger charge is 2.20. The Labute approximate surface area is 96.9 Å². The molecule has 1 atom stereocenters. The summed E-state index contributed by atoms with van der Waals surface area (Å²) in [5.74, 6) is 1.54. The first-order valence-electron chi connectivity index (χ1n) is 4.72. The van der Waals surface area contributed by atoms with Crippen LogP contribution < -0.4 is 20.5 Å². The van der Waals surface area contributed by atoms with Gasteiger partial charge >= 0.3 is 0 Å². The van der Waals surface area contributed by atoms with E-state index in [9.17, 15) is 0 Å². The molecule has 0 saturated carbocycles. The van der Waals surface area contributed by atoms with E-state index in [1.807, 2.05) is 19.2 Å². The Morgan fingerprint density at radius 1 is 1.53 bits per heavy atom. The van der Waals surface area contributed by atoms with Crippen LogP contribution >= 0.6 is 15.9 Å². The molecular weight excluding hydrogens is 260 g/mol. The first kappa shape index (κ1) is 10.7. The van der Waals surface area contributed by atoms with Gasteiger partial charge in [0.1, 0.15) is 0 Å². The van der Waals surface area contributed by atoms with Gasteiger partial charge in [0.05, 0.1) is 4.47 Å². The molecule has 0 saturated heterocycles. The van der Waals surface area contributed by atoms with Crippen molar-refractivity contribution in [3.63, 3.8) is 0 Å². The Morgan fingerprint density at radius 3 is 3.00 bits per heavy atom. The molecule has 1 aliphatic heterocycles. The van der Waals surface area contributed by atoms with E-state index in [-0.39, 0.29) is 12.8 Å². The minimum Gasteiger partial charge on any atom is -0.454 e. The Morgan fingerprint density at radius 2 is 2.33 bits per heavy atom. The van der Waals surface area contributed by atoms with Crippen molar-refractivity contribution < 1.29 is 9.47 Å². The van der Waals surface area contributed by atoms with Gasteiger partial charge in [-0.05, 0) is 40.7 Å². The number of fused-ring (bicyclic) bond motifs is 1. The normalized spacial score (nSPS) is 15.4. The topological polar surface area (TPSA) is 56.5 Å². The van der Waals surface area contributed by atoms with E-state index in [4.69, 9.17) is 15.2 Å². The van der Waals surface area contributed by atoms with E-state index in [0.29, 0.717) is 6.54 Å². The second-order valence-corrected chi connectivity index (χ2v) is 4.17. The highest BCUT2D eigenvalue weighted by Crippen LogP contribution is 2.41. The summed E-state index contributed by atoms with van der Waals surface area (Å²) in [4.78, 5) is 0. The first-order valence-corrected chi connectivity index (χ1v) is 5.52. The lowest BCUT2D eigenvalue weighted by molar-refractivity contribution is 0.173. The summed E-state index contributed by atoms with van der Waals surface area (Å²) in [5, 5.41) is 3.14. The van der Waals surface area contributed by atoms with Crippen molar-refractivity contribution >= 4 is 15.9 Å². The number of benzene rings is 1. The fraction of sp³-hybridized carbons (Fsp3) is 0.400. The Hall–Kier alpha value is -0.780. The summed E-state index contributed by atoms with van der Waals surface area (Å²) in [6.45, 7) is 0.826. The molecule has 0 spiro atoms. The molecular formula is C10H13BrN2O2. The number of halogens is 1. The smallest absolute Gasteiger partial charge is 0.231 e. The van der Waals surface area contributed by atoms with E-state index in [1.54, 1.807) is 0 Å². The van der Waals surface area contributed by atoms with Crippen molar-refractivity contribution in [2.75, 3.05) is 20.4 Å². The zero-order valence-corrected chi connectivity index (χ0v) is 10.0. The van der Waals surface area contributed by atoms with Crippen LogP contribution in [-0.4, -0.2) is 20.4 Å². The van der Waals surface area contributed by atoms with Gasteiger partial charge in [0.25, 0.3) is 0 Å². The van der Waals surface area contributed by atoms with Gasteiger partial charge in [0, 0.05) is 12.6 Å². The van der Waals surface area contributed by atoms with E-state index in [2.05, 4.69) is 21.2 Å². The third-order valence-electron chi connectivity index (χ3n) is 2.44. The fourth-order valence-corrected chi connectivity index (χ4v) is 2.18. The number of nitrogens with two attached hydrogens (primary N) is 1. The number of ether oxygens (including phenoxy) is 2. The second kappa shape index (κ2) is 4.38. The van der Waals surface area contributed by atoms with Gasteiger partial charge in [0.15, 0.2) is 11.5 Å². The van der Waals surface area contributed by atoms with Gasteiger partial charge in [0.2, 0.25) is 6.79 Å². The van der Waals surface area contributed by atoms with Gasteiger partial charge in [-0.25, -0.2) is 0 Å². The third kappa shape index (κ3) is 1.95. The summed E-state index contributed by atoms with van der Waals surface area (Å²) < 4.78 is 11.6. The van der Waals surface area contributed by atoms with Crippen LogP contribution in [0.4, 0.5) is 0 Å². The molecule has 1 aromatic rings. The van der Waals surface area contributed by atoms with Gasteiger partial charge in [-0.1, -0.05) is 0 Å². The summed E-state index contributed by atoms with van der Waals surface area (Å²) in [6.07, 6.45) is 0. The minimum atomic E-state index is 0.135. The lowest BCUT2D eigenvalue weighted by atomic mass is 10.1. The monoisotopic (exact) mass is 272 g/mol. The molecule has 1 heterocycles. The van der Waals surface area contributed by atoms with Gasteiger partial charge in [-0.2, -0.15) is 0 Å². The molecule has 1 aliphatic rings. The average molecular weight is 273 g/mol. The zero-order chi connectivity index (χ0) is 10.8. The minimum absolute atomic E-state index is 0.135. The molecule has 2 rings (SSSR count). The Kier molecular flexibility index (Phi) is 3.14. The molecule has 1 unspecified atom stereocenters. The summed E-state index contributed by atoms with van der Waals surface area (Å²) in [7, 11) is 1.88. The number of likely N-dealkylation sites (N-methyl/N-ethyl adjacent to an activating group) is 1. The third-order valence-corrected chi connectivity index (χ3v) is 3.03. The van der Waals surface area contributed by atoms with Gasteiger partial charge in [-0.15, -0.1) is 0 Å². The van der Waals surface area contributed by atoms with Crippen molar-refractivity contribution in [1.29, 1.82) is 0 Å². The quantitative estimate of drug-likeness (QED) is 0.874. The molecule has 0 aromatic heterocycles. The Bertz CT molecular complexity index is 367. The maximum Gasteiger partial charge on any atom is 0.231 e. The predicted octanol–water partition coefficient (Wildman–Crippen LogP) is 1.40. The number of nitrogens with one attached hydrogen (secondary N) is 1. The largest absolute Gasteiger partial charge is 0.454 e. The number of hydrogen-bond acceptors (Lipinski definition) is 4. The van der Waals surface area contributed by atoms with Crippen LogP contribution in [-0.2, 0) is 0 Å². The molecule has 15 heavy (non-hydrogen) atoms. The molecule has 4 nitrogen and oxygen atoms in total. The van der Waals surface area contributed by atoms with Gasteiger partial charge in [-0.3, -0.25) is 0 Å². The van der Waals surface area contributed by atoms with E-state index in [1.165, 1.54) is 0 Å². The van der Waals surface area contributed by atoms with Crippen molar-refractivity contribution in [3.8, 4) is 11.5 Å². The van der Waals surface area contributed by atoms with Crippen LogP contribution in [0.5, 0.6) is 11.5 Å². The molecule has 0 aliphatic carbocycles. The number of rotatable bonds is 3. The SMILES string of the molecule is CNC(CN)c1cc(Br)c2c(c1)OCO2. The van der Waals surface area contributed by atoms with Crippen LogP contribution in [0, 0.1) is 0 Å². The lowest BCUT2D eigenvalue weighted by Crippen LogP contribution is -2.24. The highest BCUT2D eigenvalue weighted by atomic mass is 79.9. The maximum atomic E-state index is 5.66. The van der Waals surface area contributed by atoms with Gasteiger partial charge < -0.3 is 20.5 Å². The molecule has 0 radical (unpaired) electrons. The molecule has 5 heteroatoms. The lowest BCUT2D eigenvalue weighted by Gasteiger charge is -2.15. The van der Waals surface area contributed by atoms with Crippen LogP contribution in [0.2, 0.25) is 0 Å². The van der Waals surface area contributed by atoms with E-state index < -0.39 is 0 Å². The Balaban J connectivity index is 2.38. The van der Waals surface area contributed by atoms with Crippen LogP contribution in [0.1, 0.15) is 11.6 Å². The van der Waals surface area contributed by atoms with E-state index >= 15 is 0 Å². The maximum absolute atomic E-state index is 5.66. The van der Waals surface area contributed by atoms with Crippen molar-refractivity contribution in [2.24, 2.45) is 5.73 Å². The average Bonchev–Trinajstić information content (AvgIpc) is 2.68. The van der Waals surface area contributed by atoms with Crippen LogP contribution in [0.3, 0.4) is 0 Å². The molecule has 0 fully saturated rings. The highest BCUT2D eigenvalue weighted by molar-refractivity contribution is 9.10. The van der Waals surface area contributed by atoms with Crippen molar-refractivity contribution in [2.45, 2.75) is 6.04 Å². The molecule has 3 N–H and O–H groups in total. The van der Waals surface area contributed by atoms with E-state index in [0.717, 1.165) is 21.5 Å². The summed E-state index contributed by atoms with van der Waals surface area (Å²) in [5.41, 5.74) is 6.75. The molecule has 1 aromatic carbocycles. The number of hydrogen-bond donors (Lipinski definition) is 2. The van der Waals surface area contributed by atoms with Crippen LogP contribution in [0.15, 0.2) is 16.6 Å². The van der Waals surface area contributed by atoms with Crippen molar-refractivity contribution in [3.05, 3.63) is 22.2 Å². The molecule has 0 amide bonds.